The molecular weight excluding hydrogens is 446 g/mol. The Morgan fingerprint density at radius 1 is 1.12 bits per heavy atom. The monoisotopic (exact) mass is 479 g/mol. The molecule has 0 radical (unpaired) electrons. The summed E-state index contributed by atoms with van der Waals surface area (Å²) in [6.07, 6.45) is -7.15. The minimum atomic E-state index is -1.80. The zero-order chi connectivity index (χ0) is 25.7. The van der Waals surface area contributed by atoms with E-state index in [4.69, 9.17) is 14.3 Å². The van der Waals surface area contributed by atoms with Gasteiger partial charge in [-0.1, -0.05) is 6.58 Å². The molecule has 10 heteroatoms. The Bertz CT molecular complexity index is 1090. The van der Waals surface area contributed by atoms with E-state index in [0.717, 1.165) is 10.5 Å². The average Bonchev–Trinajstić information content (AvgIpc) is 2.79. The molecule has 1 aromatic carbocycles. The summed E-state index contributed by atoms with van der Waals surface area (Å²) >= 11 is 0. The summed E-state index contributed by atoms with van der Waals surface area (Å²) in [6, 6.07) is 3.51. The Morgan fingerprint density at radius 3 is 2.32 bits per heavy atom. The molecule has 0 spiro atoms. The van der Waals surface area contributed by atoms with Crippen molar-refractivity contribution in [3.63, 3.8) is 0 Å². The highest BCUT2D eigenvalue weighted by Gasteiger charge is 2.31. The summed E-state index contributed by atoms with van der Waals surface area (Å²) in [6.45, 7) is 8.24. The number of aliphatic hydroxyl groups excluding tert-OH is 5. The topological polar surface area (TPSA) is 161 Å². The molecule has 5 N–H and O–H groups in total. The first-order valence-electron chi connectivity index (χ1n) is 10.8. The van der Waals surface area contributed by atoms with Gasteiger partial charge in [0.15, 0.2) is 0 Å². The first-order valence-corrected chi connectivity index (χ1v) is 10.8. The van der Waals surface area contributed by atoms with Crippen molar-refractivity contribution in [3.8, 4) is 5.75 Å². The van der Waals surface area contributed by atoms with Gasteiger partial charge >= 0.3 is 5.63 Å². The van der Waals surface area contributed by atoms with Gasteiger partial charge in [-0.05, 0) is 44.0 Å². The smallest absolute Gasteiger partial charge is 0.340 e. The van der Waals surface area contributed by atoms with Crippen molar-refractivity contribution in [1.29, 1.82) is 0 Å². The minimum Gasteiger partial charge on any atom is -0.489 e. The third-order valence-electron chi connectivity index (χ3n) is 5.67. The quantitative estimate of drug-likeness (QED) is 0.217. The van der Waals surface area contributed by atoms with Gasteiger partial charge in [0.1, 0.15) is 42.4 Å². The number of aliphatic hydroxyl groups is 5. The lowest BCUT2D eigenvalue weighted by molar-refractivity contribution is -0.137. The average molecular weight is 480 g/mol. The van der Waals surface area contributed by atoms with Crippen LogP contribution in [0.15, 0.2) is 33.5 Å². The fourth-order valence-corrected chi connectivity index (χ4v) is 3.47. The van der Waals surface area contributed by atoms with Gasteiger partial charge in [0.05, 0.1) is 18.6 Å². The van der Waals surface area contributed by atoms with Crippen molar-refractivity contribution in [2.75, 3.05) is 26.8 Å². The molecule has 1 heterocycles. The molecule has 0 aliphatic carbocycles. The van der Waals surface area contributed by atoms with Crippen LogP contribution < -0.4 is 10.4 Å². The SMILES string of the molecule is C=C(C)COc1ccc2c(C)c(CC(=O)N(C)C[C@@H](O)[C@@H](O)[C@@H](O)[C@@H](O)CO)c(=O)oc2c1C. The van der Waals surface area contributed by atoms with Gasteiger partial charge in [-0.2, -0.15) is 0 Å². The maximum absolute atomic E-state index is 12.7. The summed E-state index contributed by atoms with van der Waals surface area (Å²) in [4.78, 5) is 26.5. The largest absolute Gasteiger partial charge is 0.489 e. The highest BCUT2D eigenvalue weighted by molar-refractivity contribution is 5.87. The first kappa shape index (κ1) is 27.5. The van der Waals surface area contributed by atoms with E-state index < -0.39 is 42.6 Å². The number of carbonyl (C=O) groups is 1. The molecule has 0 fully saturated rings. The van der Waals surface area contributed by atoms with E-state index >= 15 is 0 Å². The lowest BCUT2D eigenvalue weighted by atomic mass is 10.0. The van der Waals surface area contributed by atoms with Gasteiger partial charge in [0, 0.05) is 24.5 Å². The van der Waals surface area contributed by atoms with Gasteiger partial charge in [-0.3, -0.25) is 4.79 Å². The van der Waals surface area contributed by atoms with Crippen LogP contribution in [0.3, 0.4) is 0 Å². The van der Waals surface area contributed by atoms with E-state index in [2.05, 4.69) is 6.58 Å². The van der Waals surface area contributed by atoms with Crippen LogP contribution in [0.4, 0.5) is 0 Å². The fourth-order valence-electron chi connectivity index (χ4n) is 3.47. The number of carbonyl (C=O) groups excluding carboxylic acids is 1. The van der Waals surface area contributed by atoms with Crippen molar-refractivity contribution in [3.05, 3.63) is 51.4 Å². The Morgan fingerprint density at radius 2 is 1.74 bits per heavy atom. The fraction of sp³-hybridized carbons (Fsp3) is 0.500. The second-order valence-electron chi connectivity index (χ2n) is 8.55. The highest BCUT2D eigenvalue weighted by Crippen LogP contribution is 2.29. The van der Waals surface area contributed by atoms with Gasteiger partial charge in [0.2, 0.25) is 5.91 Å². The number of aryl methyl sites for hydroxylation is 2. The van der Waals surface area contributed by atoms with Crippen molar-refractivity contribution in [1.82, 2.24) is 4.90 Å². The van der Waals surface area contributed by atoms with E-state index in [1.54, 1.807) is 26.0 Å². The predicted octanol–water partition coefficient (Wildman–Crippen LogP) is -0.198. The van der Waals surface area contributed by atoms with Crippen molar-refractivity contribution >= 4 is 16.9 Å². The Balaban J connectivity index is 2.21. The van der Waals surface area contributed by atoms with Gasteiger partial charge in [-0.15, -0.1) is 0 Å². The Kier molecular flexibility index (Phi) is 9.37. The number of rotatable bonds is 11. The number of hydrogen-bond donors (Lipinski definition) is 5. The van der Waals surface area contributed by atoms with E-state index in [9.17, 15) is 30.0 Å². The van der Waals surface area contributed by atoms with Crippen LogP contribution in [0.5, 0.6) is 5.75 Å². The number of hydrogen-bond acceptors (Lipinski definition) is 9. The summed E-state index contributed by atoms with van der Waals surface area (Å²) in [5.74, 6) is 0.0268. The second kappa shape index (κ2) is 11.6. The van der Waals surface area contributed by atoms with Crippen LogP contribution in [-0.4, -0.2) is 87.6 Å². The van der Waals surface area contributed by atoms with Crippen molar-refractivity contribution < 1.29 is 39.5 Å². The molecule has 1 amide bonds. The number of likely N-dealkylation sites (N-methyl/N-ethyl adjacent to an activating group) is 1. The molecule has 34 heavy (non-hydrogen) atoms. The lowest BCUT2D eigenvalue weighted by Gasteiger charge is -2.28. The summed E-state index contributed by atoms with van der Waals surface area (Å²) in [7, 11) is 1.36. The highest BCUT2D eigenvalue weighted by atomic mass is 16.5. The normalized spacial score (nSPS) is 15.0. The van der Waals surface area contributed by atoms with Crippen LogP contribution in [0.2, 0.25) is 0 Å². The zero-order valence-corrected chi connectivity index (χ0v) is 19.8. The molecule has 2 rings (SSSR count). The zero-order valence-electron chi connectivity index (χ0n) is 19.8. The molecule has 10 nitrogen and oxygen atoms in total. The second-order valence-corrected chi connectivity index (χ2v) is 8.55. The van der Waals surface area contributed by atoms with Gasteiger partial charge in [0.25, 0.3) is 0 Å². The summed E-state index contributed by atoms with van der Waals surface area (Å²) in [5, 5.41) is 48.7. The summed E-state index contributed by atoms with van der Waals surface area (Å²) < 4.78 is 11.2. The molecule has 0 bridgehead atoms. The van der Waals surface area contributed by atoms with Gasteiger partial charge in [-0.25, -0.2) is 4.79 Å². The van der Waals surface area contributed by atoms with E-state index in [1.807, 2.05) is 6.92 Å². The molecule has 0 saturated carbocycles. The molecule has 0 aliphatic heterocycles. The first-order chi connectivity index (χ1) is 15.9. The van der Waals surface area contributed by atoms with Crippen LogP contribution in [0.25, 0.3) is 11.0 Å². The number of nitrogens with zero attached hydrogens (tertiary/aromatic N) is 1. The van der Waals surface area contributed by atoms with Crippen LogP contribution in [0.1, 0.15) is 23.6 Å². The number of benzene rings is 1. The number of amides is 1. The molecule has 0 unspecified atom stereocenters. The maximum atomic E-state index is 12.7. The Hall–Kier alpha value is -2.76. The Labute approximate surface area is 197 Å². The molecule has 0 saturated heterocycles. The predicted molar refractivity (Wildman–Crippen MR) is 125 cm³/mol. The molecule has 188 valence electrons. The van der Waals surface area contributed by atoms with Gasteiger partial charge < -0.3 is 39.6 Å². The minimum absolute atomic E-state index is 0.158. The molecular formula is C24H33NO9. The lowest BCUT2D eigenvalue weighted by Crippen LogP contribution is -2.50. The van der Waals surface area contributed by atoms with Crippen LogP contribution >= 0.6 is 0 Å². The number of fused-ring (bicyclic) bond motifs is 1. The molecule has 2 aromatic rings. The van der Waals surface area contributed by atoms with Crippen molar-refractivity contribution in [2.24, 2.45) is 0 Å². The van der Waals surface area contributed by atoms with E-state index in [-0.39, 0.29) is 18.5 Å². The molecule has 0 aliphatic rings. The van der Waals surface area contributed by atoms with Crippen LogP contribution in [0, 0.1) is 13.8 Å². The molecule has 1 aromatic heterocycles. The number of ether oxygens (including phenoxy) is 1. The molecule has 4 atom stereocenters. The van der Waals surface area contributed by atoms with E-state index in [0.29, 0.717) is 34.5 Å². The maximum Gasteiger partial charge on any atom is 0.340 e. The van der Waals surface area contributed by atoms with Crippen molar-refractivity contribution in [2.45, 2.75) is 51.6 Å². The standard InChI is InChI=1S/C24H33NO9/c1-12(2)11-33-19-7-6-15-13(3)16(24(32)34-23(15)14(19)4)8-20(29)25(5)9-17(27)21(30)22(31)18(28)10-26/h6-7,17-18,21-22,26-28,30-31H,1,8-11H2,2-5H3/t17-,18+,21-,22+/m1/s1. The summed E-state index contributed by atoms with van der Waals surface area (Å²) in [5.41, 5.74) is 1.91. The third kappa shape index (κ3) is 6.22. The van der Waals surface area contributed by atoms with Crippen LogP contribution in [-0.2, 0) is 11.2 Å². The van der Waals surface area contributed by atoms with E-state index in [1.165, 1.54) is 7.05 Å². The third-order valence-corrected chi connectivity index (χ3v) is 5.67.